The molecule has 8 heteroatoms. The zero-order valence-corrected chi connectivity index (χ0v) is 18.8. The second kappa shape index (κ2) is 8.74. The van der Waals surface area contributed by atoms with E-state index in [4.69, 9.17) is 9.15 Å². The van der Waals surface area contributed by atoms with E-state index in [1.165, 1.54) is 6.26 Å². The normalized spacial score (nSPS) is 11.2. The number of aryl methyl sites for hydroxylation is 2. The molecular weight excluding hydrogens is 406 g/mol. The Balaban J connectivity index is 1.68. The summed E-state index contributed by atoms with van der Waals surface area (Å²) in [6.07, 6.45) is 3.29. The minimum atomic E-state index is -0.188. The Morgan fingerprint density at radius 3 is 2.62 bits per heavy atom. The molecule has 0 saturated carbocycles. The number of hydrogen-bond acceptors (Lipinski definition) is 7. The van der Waals surface area contributed by atoms with Gasteiger partial charge in [0.15, 0.2) is 5.89 Å². The summed E-state index contributed by atoms with van der Waals surface area (Å²) in [4.78, 5) is 30.9. The fraction of sp³-hybridized carbons (Fsp3) is 0.292. The number of benzene rings is 1. The fourth-order valence-electron chi connectivity index (χ4n) is 3.37. The van der Waals surface area contributed by atoms with E-state index in [1.54, 1.807) is 31.5 Å². The molecule has 0 bridgehead atoms. The average molecular weight is 431 g/mol. The van der Waals surface area contributed by atoms with Crippen LogP contribution in [-0.4, -0.2) is 24.5 Å². The third-order valence-corrected chi connectivity index (χ3v) is 5.05. The molecule has 164 valence electrons. The summed E-state index contributed by atoms with van der Waals surface area (Å²) in [7, 11) is 0. The largest absolute Gasteiger partial charge is 0.471 e. The highest BCUT2D eigenvalue weighted by atomic mass is 16.5. The van der Waals surface area contributed by atoms with Crippen LogP contribution in [0, 0.1) is 20.8 Å². The van der Waals surface area contributed by atoms with Gasteiger partial charge in [-0.3, -0.25) is 9.36 Å². The zero-order valence-electron chi connectivity index (χ0n) is 18.8. The molecule has 0 N–H and O–H groups in total. The van der Waals surface area contributed by atoms with Crippen LogP contribution in [0.5, 0.6) is 5.88 Å². The predicted molar refractivity (Wildman–Crippen MR) is 120 cm³/mol. The zero-order chi connectivity index (χ0) is 22.8. The molecule has 0 saturated heterocycles. The summed E-state index contributed by atoms with van der Waals surface area (Å²) in [6.45, 7) is 9.54. The summed E-state index contributed by atoms with van der Waals surface area (Å²) < 4.78 is 12.5. The maximum Gasteiger partial charge on any atom is 0.264 e. The van der Waals surface area contributed by atoms with Gasteiger partial charge in [-0.15, -0.1) is 0 Å². The molecule has 1 aromatic carbocycles. The molecule has 0 aliphatic carbocycles. The van der Waals surface area contributed by atoms with Crippen LogP contribution in [0.3, 0.4) is 0 Å². The monoisotopic (exact) mass is 431 g/mol. The van der Waals surface area contributed by atoms with Gasteiger partial charge in [-0.2, -0.15) is 4.98 Å². The smallest absolute Gasteiger partial charge is 0.264 e. The van der Waals surface area contributed by atoms with Gasteiger partial charge in [-0.1, -0.05) is 26.0 Å². The summed E-state index contributed by atoms with van der Waals surface area (Å²) in [5.74, 6) is 2.38. The van der Waals surface area contributed by atoms with E-state index >= 15 is 0 Å². The molecule has 4 aromatic rings. The van der Waals surface area contributed by atoms with E-state index in [0.717, 1.165) is 17.1 Å². The molecule has 0 amide bonds. The van der Waals surface area contributed by atoms with Crippen LogP contribution in [0.15, 0.2) is 52.0 Å². The number of nitrogens with zero attached hydrogens (tertiary/aromatic N) is 5. The molecule has 0 aliphatic heterocycles. The summed E-state index contributed by atoms with van der Waals surface area (Å²) >= 11 is 0. The third kappa shape index (κ3) is 4.30. The van der Waals surface area contributed by atoms with Gasteiger partial charge in [0.2, 0.25) is 5.88 Å². The topological polar surface area (TPSA) is 95.9 Å². The van der Waals surface area contributed by atoms with Crippen molar-refractivity contribution < 1.29 is 9.15 Å². The highest BCUT2D eigenvalue weighted by Gasteiger charge is 2.15. The van der Waals surface area contributed by atoms with Crippen molar-refractivity contribution >= 4 is 0 Å². The minimum absolute atomic E-state index is 0.176. The summed E-state index contributed by atoms with van der Waals surface area (Å²) in [6, 6.07) is 9.55. The van der Waals surface area contributed by atoms with Gasteiger partial charge in [0.05, 0.1) is 16.9 Å². The number of oxazole rings is 1. The van der Waals surface area contributed by atoms with Crippen LogP contribution in [0.25, 0.3) is 16.9 Å². The first-order chi connectivity index (χ1) is 15.3. The fourth-order valence-corrected chi connectivity index (χ4v) is 3.37. The number of ether oxygens (including phenoxy) is 1. The first-order valence-electron chi connectivity index (χ1n) is 10.4. The molecular formula is C24H25N5O3. The molecule has 3 aromatic heterocycles. The molecule has 4 rings (SSSR count). The Hall–Kier alpha value is -3.81. The van der Waals surface area contributed by atoms with Crippen molar-refractivity contribution in [2.24, 2.45) is 0 Å². The standard InChI is InChI=1S/C24H25N5O3/c1-14(2)22-25-10-9-21(28-22)18-7-6-8-20(11-18)29-16(4)26-23(15(3)24(29)30)32-13-19-12-31-17(5)27-19/h6-12,14H,13H2,1-5H3. The Kier molecular flexibility index (Phi) is 5.85. The van der Waals surface area contributed by atoms with E-state index in [0.29, 0.717) is 28.7 Å². The van der Waals surface area contributed by atoms with Crippen molar-refractivity contribution in [2.45, 2.75) is 47.1 Å². The van der Waals surface area contributed by atoms with Crippen molar-refractivity contribution in [1.82, 2.24) is 24.5 Å². The number of rotatable bonds is 6. The van der Waals surface area contributed by atoms with Crippen molar-refractivity contribution in [3.63, 3.8) is 0 Å². The number of hydrogen-bond donors (Lipinski definition) is 0. The van der Waals surface area contributed by atoms with Crippen LogP contribution in [0.4, 0.5) is 0 Å². The van der Waals surface area contributed by atoms with Crippen molar-refractivity contribution in [3.05, 3.63) is 81.9 Å². The first kappa shape index (κ1) is 21.4. The lowest BCUT2D eigenvalue weighted by atomic mass is 10.1. The molecule has 32 heavy (non-hydrogen) atoms. The van der Waals surface area contributed by atoms with Gasteiger partial charge in [0.25, 0.3) is 5.56 Å². The Bertz CT molecular complexity index is 1320. The lowest BCUT2D eigenvalue weighted by Gasteiger charge is -2.14. The maximum atomic E-state index is 13.2. The second-order valence-corrected chi connectivity index (χ2v) is 7.88. The quantitative estimate of drug-likeness (QED) is 0.449. The van der Waals surface area contributed by atoms with Crippen LogP contribution < -0.4 is 10.3 Å². The summed E-state index contributed by atoms with van der Waals surface area (Å²) in [5.41, 5.74) is 3.30. The van der Waals surface area contributed by atoms with Gasteiger partial charge in [-0.25, -0.2) is 15.0 Å². The van der Waals surface area contributed by atoms with Crippen LogP contribution in [0.2, 0.25) is 0 Å². The van der Waals surface area contributed by atoms with Gasteiger partial charge in [0.1, 0.15) is 30.2 Å². The molecule has 8 nitrogen and oxygen atoms in total. The van der Waals surface area contributed by atoms with Crippen molar-refractivity contribution in [1.29, 1.82) is 0 Å². The first-order valence-corrected chi connectivity index (χ1v) is 10.4. The lowest BCUT2D eigenvalue weighted by molar-refractivity contribution is 0.284. The Labute approximate surface area is 186 Å². The lowest BCUT2D eigenvalue weighted by Crippen LogP contribution is -2.25. The predicted octanol–water partition coefficient (Wildman–Crippen LogP) is 4.31. The SMILES string of the molecule is Cc1nc(COc2nc(C)n(-c3cccc(-c4ccnc(C(C)C)n4)c3)c(=O)c2C)co1. The van der Waals surface area contributed by atoms with Crippen molar-refractivity contribution in [2.75, 3.05) is 0 Å². The van der Waals surface area contributed by atoms with E-state index in [2.05, 4.69) is 33.8 Å². The molecule has 0 atom stereocenters. The second-order valence-electron chi connectivity index (χ2n) is 7.88. The molecule has 0 fully saturated rings. The van der Waals surface area contributed by atoms with Gasteiger partial charge >= 0.3 is 0 Å². The Morgan fingerprint density at radius 1 is 1.09 bits per heavy atom. The highest BCUT2D eigenvalue weighted by molar-refractivity contribution is 5.62. The summed E-state index contributed by atoms with van der Waals surface area (Å²) in [5, 5.41) is 0. The van der Waals surface area contributed by atoms with E-state index in [-0.39, 0.29) is 24.0 Å². The molecule has 0 radical (unpaired) electrons. The highest BCUT2D eigenvalue weighted by Crippen LogP contribution is 2.23. The van der Waals surface area contributed by atoms with Gasteiger partial charge in [-0.05, 0) is 32.0 Å². The van der Waals surface area contributed by atoms with Crippen LogP contribution in [0.1, 0.15) is 48.6 Å². The van der Waals surface area contributed by atoms with E-state index < -0.39 is 0 Å². The van der Waals surface area contributed by atoms with E-state index in [9.17, 15) is 4.79 Å². The number of aromatic nitrogens is 5. The van der Waals surface area contributed by atoms with Crippen molar-refractivity contribution in [3.8, 4) is 22.8 Å². The Morgan fingerprint density at radius 2 is 1.91 bits per heavy atom. The minimum Gasteiger partial charge on any atom is -0.471 e. The molecule has 0 unspecified atom stereocenters. The molecule has 0 aliphatic rings. The van der Waals surface area contributed by atoms with E-state index in [1.807, 2.05) is 30.3 Å². The average Bonchev–Trinajstić information content (AvgIpc) is 3.20. The third-order valence-electron chi connectivity index (χ3n) is 5.05. The molecule has 0 spiro atoms. The van der Waals surface area contributed by atoms with Gasteiger partial charge < -0.3 is 9.15 Å². The van der Waals surface area contributed by atoms with Gasteiger partial charge in [0, 0.05) is 24.6 Å². The molecule has 3 heterocycles. The van der Waals surface area contributed by atoms with Crippen LogP contribution >= 0.6 is 0 Å². The maximum absolute atomic E-state index is 13.2. The van der Waals surface area contributed by atoms with Crippen LogP contribution in [-0.2, 0) is 6.61 Å².